The summed E-state index contributed by atoms with van der Waals surface area (Å²) in [4.78, 5) is 27.6. The van der Waals surface area contributed by atoms with Gasteiger partial charge >= 0.3 is 0 Å². The number of nitrogens with zero attached hydrogens (tertiary/aromatic N) is 1. The van der Waals surface area contributed by atoms with Crippen LogP contribution in [0.4, 0.5) is 0 Å². The van der Waals surface area contributed by atoms with Crippen molar-refractivity contribution in [2.24, 2.45) is 0 Å². The molecule has 0 aromatic heterocycles. The Hall–Kier alpha value is -3.52. The van der Waals surface area contributed by atoms with Crippen LogP contribution in [0.2, 0.25) is 0 Å². The molecule has 33 heavy (non-hydrogen) atoms. The van der Waals surface area contributed by atoms with Crippen molar-refractivity contribution >= 4 is 17.4 Å². The van der Waals surface area contributed by atoms with Crippen LogP contribution in [0.25, 0.3) is 5.76 Å². The Morgan fingerprint density at radius 1 is 1.09 bits per heavy atom. The van der Waals surface area contributed by atoms with E-state index in [0.29, 0.717) is 41.6 Å². The Bertz CT molecular complexity index is 1140. The van der Waals surface area contributed by atoms with Gasteiger partial charge in [0.2, 0.25) is 0 Å². The highest BCUT2D eigenvalue weighted by Gasteiger charge is 2.46. The van der Waals surface area contributed by atoms with E-state index in [1.165, 1.54) is 19.1 Å². The van der Waals surface area contributed by atoms with Crippen molar-refractivity contribution < 1.29 is 33.6 Å². The fraction of sp³-hybridized carbons (Fsp3) is 0.360. The number of fused-ring (bicyclic) bond motifs is 1. The molecule has 0 spiro atoms. The van der Waals surface area contributed by atoms with Gasteiger partial charge in [-0.3, -0.25) is 9.59 Å². The maximum atomic E-state index is 13.2. The third kappa shape index (κ3) is 4.02. The van der Waals surface area contributed by atoms with Crippen molar-refractivity contribution in [1.29, 1.82) is 0 Å². The Morgan fingerprint density at radius 2 is 1.82 bits per heavy atom. The van der Waals surface area contributed by atoms with E-state index in [1.54, 1.807) is 24.3 Å². The number of methoxy groups -OCH3 is 2. The Labute approximate surface area is 192 Å². The van der Waals surface area contributed by atoms with Crippen molar-refractivity contribution in [3.05, 3.63) is 58.2 Å². The number of rotatable bonds is 6. The summed E-state index contributed by atoms with van der Waals surface area (Å²) < 4.78 is 22.0. The van der Waals surface area contributed by atoms with Gasteiger partial charge in [-0.1, -0.05) is 12.1 Å². The van der Waals surface area contributed by atoms with Crippen molar-refractivity contribution in [2.75, 3.05) is 40.6 Å². The van der Waals surface area contributed by atoms with E-state index in [4.69, 9.17) is 18.9 Å². The number of ketones is 1. The lowest BCUT2D eigenvalue weighted by atomic mass is 9.93. The fourth-order valence-electron chi connectivity index (χ4n) is 4.42. The number of carbonyl (C=O) groups excluding carboxylic acids is 2. The molecule has 1 N–H and O–H groups in total. The molecule has 0 aliphatic carbocycles. The number of likely N-dealkylation sites (tertiary alicyclic amines) is 1. The topological polar surface area (TPSA) is 94.5 Å². The number of carbonyl (C=O) groups is 2. The Morgan fingerprint density at radius 3 is 2.52 bits per heavy atom. The first-order chi connectivity index (χ1) is 15.9. The standard InChI is InChI=1S/C25H27NO7/c1-14-11-15(2)24(31-4)17(12-14)22(27)20-21(26(7-8-30-3)25(29)23(20)28)16-5-6-18-19(13-16)33-10-9-32-18/h5-6,11-13,21,27H,7-10H2,1-4H3/b22-20+. The summed E-state index contributed by atoms with van der Waals surface area (Å²) in [7, 11) is 3.03. The van der Waals surface area contributed by atoms with Gasteiger partial charge < -0.3 is 29.0 Å². The van der Waals surface area contributed by atoms with Crippen molar-refractivity contribution in [1.82, 2.24) is 4.90 Å². The summed E-state index contributed by atoms with van der Waals surface area (Å²) in [6, 6.07) is 8.11. The predicted octanol–water partition coefficient (Wildman–Crippen LogP) is 3.15. The predicted molar refractivity (Wildman–Crippen MR) is 121 cm³/mol. The van der Waals surface area contributed by atoms with Crippen LogP contribution < -0.4 is 14.2 Å². The molecule has 2 heterocycles. The van der Waals surface area contributed by atoms with Gasteiger partial charge in [-0.25, -0.2) is 0 Å². The van der Waals surface area contributed by atoms with E-state index in [-0.39, 0.29) is 24.5 Å². The summed E-state index contributed by atoms with van der Waals surface area (Å²) >= 11 is 0. The lowest BCUT2D eigenvalue weighted by Gasteiger charge is -2.27. The molecule has 2 aliphatic heterocycles. The van der Waals surface area contributed by atoms with Gasteiger partial charge in [0.25, 0.3) is 11.7 Å². The van der Waals surface area contributed by atoms with E-state index in [1.807, 2.05) is 19.9 Å². The normalized spacial score (nSPS) is 19.2. The monoisotopic (exact) mass is 453 g/mol. The lowest BCUT2D eigenvalue weighted by molar-refractivity contribution is -0.140. The summed E-state index contributed by atoms with van der Waals surface area (Å²) in [6.07, 6.45) is 0. The van der Waals surface area contributed by atoms with Gasteiger partial charge in [0, 0.05) is 13.7 Å². The summed E-state index contributed by atoms with van der Waals surface area (Å²) in [5, 5.41) is 11.4. The van der Waals surface area contributed by atoms with E-state index < -0.39 is 17.7 Å². The Kier molecular flexibility index (Phi) is 6.29. The molecule has 174 valence electrons. The van der Waals surface area contributed by atoms with E-state index in [2.05, 4.69) is 0 Å². The molecule has 1 atom stereocenters. The zero-order valence-corrected chi connectivity index (χ0v) is 19.1. The summed E-state index contributed by atoms with van der Waals surface area (Å²) in [5.41, 5.74) is 2.68. The number of benzene rings is 2. The molecular formula is C25H27NO7. The van der Waals surface area contributed by atoms with Crippen molar-refractivity contribution in [2.45, 2.75) is 19.9 Å². The van der Waals surface area contributed by atoms with Gasteiger partial charge in [0.05, 0.1) is 30.9 Å². The first-order valence-electron chi connectivity index (χ1n) is 10.7. The third-order valence-corrected chi connectivity index (χ3v) is 5.84. The first kappa shape index (κ1) is 22.7. The maximum Gasteiger partial charge on any atom is 0.295 e. The third-order valence-electron chi connectivity index (χ3n) is 5.84. The van der Waals surface area contributed by atoms with Crippen molar-refractivity contribution in [3.63, 3.8) is 0 Å². The van der Waals surface area contributed by atoms with Crippen LogP contribution >= 0.6 is 0 Å². The molecule has 1 saturated heterocycles. The van der Waals surface area contributed by atoms with Gasteiger partial charge in [0.1, 0.15) is 24.7 Å². The van der Waals surface area contributed by atoms with Gasteiger partial charge in [0.15, 0.2) is 11.5 Å². The number of amides is 1. The molecular weight excluding hydrogens is 426 g/mol. The smallest absolute Gasteiger partial charge is 0.295 e. The van der Waals surface area contributed by atoms with Crippen LogP contribution in [0, 0.1) is 13.8 Å². The van der Waals surface area contributed by atoms with Gasteiger partial charge in [-0.05, 0) is 48.7 Å². The molecule has 2 aliphatic rings. The largest absolute Gasteiger partial charge is 0.507 e. The Balaban J connectivity index is 1.92. The molecule has 4 rings (SSSR count). The summed E-state index contributed by atoms with van der Waals surface area (Å²) in [6.45, 7) is 5.02. The number of hydrogen-bond acceptors (Lipinski definition) is 7. The number of hydrogen-bond donors (Lipinski definition) is 1. The molecule has 8 nitrogen and oxygen atoms in total. The molecule has 1 fully saturated rings. The minimum absolute atomic E-state index is 0.00363. The maximum absolute atomic E-state index is 13.2. The fourth-order valence-corrected chi connectivity index (χ4v) is 4.42. The highest BCUT2D eigenvalue weighted by molar-refractivity contribution is 6.46. The zero-order chi connectivity index (χ0) is 23.7. The number of ether oxygens (including phenoxy) is 4. The second kappa shape index (κ2) is 9.15. The minimum Gasteiger partial charge on any atom is -0.507 e. The number of aryl methyl sites for hydroxylation is 2. The first-order valence-corrected chi connectivity index (χ1v) is 10.7. The zero-order valence-electron chi connectivity index (χ0n) is 19.1. The van der Waals surface area contributed by atoms with E-state index in [0.717, 1.165) is 11.1 Å². The van der Waals surface area contributed by atoms with Crippen LogP contribution in [-0.4, -0.2) is 62.3 Å². The minimum atomic E-state index is -0.818. The van der Waals surface area contributed by atoms with Crippen LogP contribution in [0.5, 0.6) is 17.2 Å². The van der Waals surface area contributed by atoms with Crippen molar-refractivity contribution in [3.8, 4) is 17.2 Å². The second-order valence-electron chi connectivity index (χ2n) is 8.05. The average Bonchev–Trinajstić information content (AvgIpc) is 3.06. The molecule has 2 aromatic rings. The molecule has 8 heteroatoms. The lowest BCUT2D eigenvalue weighted by Crippen LogP contribution is -2.32. The average molecular weight is 453 g/mol. The van der Waals surface area contributed by atoms with Crippen LogP contribution in [0.15, 0.2) is 35.9 Å². The van der Waals surface area contributed by atoms with Crippen LogP contribution in [0.3, 0.4) is 0 Å². The summed E-state index contributed by atoms with van der Waals surface area (Å²) in [5.74, 6) is -0.171. The highest BCUT2D eigenvalue weighted by atomic mass is 16.6. The number of Topliss-reactive ketones (excluding diaryl/α,β-unsaturated/α-hetero) is 1. The molecule has 2 aromatic carbocycles. The van der Waals surface area contributed by atoms with E-state index >= 15 is 0 Å². The molecule has 0 radical (unpaired) electrons. The van der Waals surface area contributed by atoms with Crippen LogP contribution in [-0.2, 0) is 14.3 Å². The quantitative estimate of drug-likeness (QED) is 0.408. The molecule has 0 bridgehead atoms. The SMILES string of the molecule is COCCN1C(=O)C(=O)/C(=C(/O)c2cc(C)cc(C)c2OC)C1c1ccc2c(c1)OCCO2. The van der Waals surface area contributed by atoms with E-state index in [9.17, 15) is 14.7 Å². The van der Waals surface area contributed by atoms with Gasteiger partial charge in [-0.2, -0.15) is 0 Å². The highest BCUT2D eigenvalue weighted by Crippen LogP contribution is 2.43. The second-order valence-corrected chi connectivity index (χ2v) is 8.05. The molecule has 0 saturated carbocycles. The number of aliphatic hydroxyl groups is 1. The molecule has 1 amide bonds. The van der Waals surface area contributed by atoms with Gasteiger partial charge in [-0.15, -0.1) is 0 Å². The molecule has 1 unspecified atom stereocenters. The number of aliphatic hydroxyl groups excluding tert-OH is 1. The van der Waals surface area contributed by atoms with Crippen LogP contribution in [0.1, 0.15) is 28.3 Å².